The molecule has 1 heterocycles. The first-order chi connectivity index (χ1) is 13.7. The van der Waals surface area contributed by atoms with Crippen LogP contribution >= 0.6 is 0 Å². The Bertz CT molecular complexity index is 985. The van der Waals surface area contributed by atoms with E-state index < -0.39 is 10.0 Å². The molecule has 1 aliphatic rings. The predicted molar refractivity (Wildman–Crippen MR) is 110 cm³/mol. The van der Waals surface area contributed by atoms with Gasteiger partial charge >= 0.3 is 0 Å². The summed E-state index contributed by atoms with van der Waals surface area (Å²) in [6, 6.07) is 10.6. The molecule has 1 atom stereocenters. The van der Waals surface area contributed by atoms with Gasteiger partial charge in [-0.05, 0) is 56.7 Å². The number of quaternary nitrogens is 1. The predicted octanol–water partition coefficient (Wildman–Crippen LogP) is 1.36. The van der Waals surface area contributed by atoms with Crippen LogP contribution in [0.3, 0.4) is 0 Å². The van der Waals surface area contributed by atoms with E-state index in [4.69, 9.17) is 0 Å². The molecular weight excluding hydrogens is 393 g/mol. The van der Waals surface area contributed by atoms with Crippen LogP contribution in [-0.2, 0) is 14.8 Å². The molecule has 0 bridgehead atoms. The number of carbonyl (C=O) groups is 1. The van der Waals surface area contributed by atoms with Crippen molar-refractivity contribution in [3.63, 3.8) is 0 Å². The summed E-state index contributed by atoms with van der Waals surface area (Å²) in [5, 5.41) is 2.79. The normalized spacial score (nSPS) is 17.1. The average Bonchev–Trinajstić information content (AvgIpc) is 2.69. The lowest BCUT2D eigenvalue weighted by atomic mass is 10.2. The molecule has 0 radical (unpaired) electrons. The molecule has 1 saturated heterocycles. The number of hydrogen-bond acceptors (Lipinski definition) is 3. The Morgan fingerprint density at radius 3 is 2.31 bits per heavy atom. The summed E-state index contributed by atoms with van der Waals surface area (Å²) >= 11 is 0. The second kappa shape index (κ2) is 8.61. The lowest BCUT2D eigenvalue weighted by Gasteiger charge is -2.34. The third-order valence-corrected chi connectivity index (χ3v) is 7.49. The number of hydrogen-bond donors (Lipinski definition) is 2. The molecule has 3 rings (SSSR count). The van der Waals surface area contributed by atoms with Crippen LogP contribution in [0.2, 0.25) is 0 Å². The molecule has 29 heavy (non-hydrogen) atoms. The third-order valence-electron chi connectivity index (χ3n) is 5.43. The van der Waals surface area contributed by atoms with Crippen LogP contribution in [0.25, 0.3) is 0 Å². The fourth-order valence-corrected chi connectivity index (χ4v) is 5.29. The second-order valence-corrected chi connectivity index (χ2v) is 9.46. The zero-order valence-electron chi connectivity index (χ0n) is 16.9. The Morgan fingerprint density at radius 2 is 1.72 bits per heavy atom. The summed E-state index contributed by atoms with van der Waals surface area (Å²) in [6.07, 6.45) is 0. The van der Waals surface area contributed by atoms with E-state index in [0.29, 0.717) is 36.8 Å². The Kier molecular flexibility index (Phi) is 6.36. The van der Waals surface area contributed by atoms with Gasteiger partial charge in [-0.25, -0.2) is 12.8 Å². The van der Waals surface area contributed by atoms with Crippen molar-refractivity contribution >= 4 is 21.6 Å². The highest BCUT2D eigenvalue weighted by Crippen LogP contribution is 2.21. The lowest BCUT2D eigenvalue weighted by Crippen LogP contribution is -3.19. The van der Waals surface area contributed by atoms with Crippen molar-refractivity contribution in [2.24, 2.45) is 0 Å². The number of rotatable bonds is 5. The van der Waals surface area contributed by atoms with Crippen LogP contribution < -0.4 is 10.2 Å². The van der Waals surface area contributed by atoms with Gasteiger partial charge in [0, 0.05) is 5.69 Å². The summed E-state index contributed by atoms with van der Waals surface area (Å²) in [5.74, 6) is -0.528. The smallest absolute Gasteiger partial charge is 0.282 e. The number of halogens is 1. The van der Waals surface area contributed by atoms with E-state index in [0.717, 1.165) is 16.0 Å². The van der Waals surface area contributed by atoms with E-state index in [-0.39, 0.29) is 17.8 Å². The van der Waals surface area contributed by atoms with Crippen molar-refractivity contribution in [1.29, 1.82) is 0 Å². The maximum atomic E-state index is 13.0. The maximum absolute atomic E-state index is 13.0. The molecule has 6 nitrogen and oxygen atoms in total. The van der Waals surface area contributed by atoms with E-state index in [1.807, 2.05) is 32.9 Å². The number of benzene rings is 2. The molecule has 2 N–H and O–H groups in total. The van der Waals surface area contributed by atoms with Crippen LogP contribution in [0.15, 0.2) is 47.4 Å². The molecule has 0 aromatic heterocycles. The molecule has 1 amide bonds. The fraction of sp³-hybridized carbons (Fsp3) is 0.381. The maximum Gasteiger partial charge on any atom is 0.282 e. The SMILES string of the molecule is Cc1ccc(S(=O)(=O)N2CC[NH+]([C@@H](C)C(=O)Nc3ccc(F)cc3)CC2)c(C)c1. The monoisotopic (exact) mass is 420 g/mol. The summed E-state index contributed by atoms with van der Waals surface area (Å²) in [5.41, 5.74) is 2.31. The van der Waals surface area contributed by atoms with Crippen LogP contribution in [0.4, 0.5) is 10.1 Å². The van der Waals surface area contributed by atoms with Gasteiger partial charge in [0.25, 0.3) is 5.91 Å². The molecule has 156 valence electrons. The van der Waals surface area contributed by atoms with E-state index in [1.165, 1.54) is 28.6 Å². The summed E-state index contributed by atoms with van der Waals surface area (Å²) < 4.78 is 40.5. The van der Waals surface area contributed by atoms with Crippen molar-refractivity contribution in [3.8, 4) is 0 Å². The highest BCUT2D eigenvalue weighted by atomic mass is 32.2. The zero-order valence-corrected chi connectivity index (χ0v) is 17.7. The highest BCUT2D eigenvalue weighted by molar-refractivity contribution is 7.89. The van der Waals surface area contributed by atoms with Gasteiger partial charge in [-0.15, -0.1) is 0 Å². The van der Waals surface area contributed by atoms with E-state index in [9.17, 15) is 17.6 Å². The molecule has 1 fully saturated rings. The Balaban J connectivity index is 1.62. The van der Waals surface area contributed by atoms with Crippen LogP contribution in [-0.4, -0.2) is 50.9 Å². The largest absolute Gasteiger partial charge is 0.323 e. The van der Waals surface area contributed by atoms with Gasteiger partial charge in [0.1, 0.15) is 5.82 Å². The minimum absolute atomic E-state index is 0.169. The van der Waals surface area contributed by atoms with Crippen LogP contribution in [0.1, 0.15) is 18.1 Å². The van der Waals surface area contributed by atoms with Crippen LogP contribution in [0, 0.1) is 19.7 Å². The van der Waals surface area contributed by atoms with Gasteiger partial charge in [-0.3, -0.25) is 4.79 Å². The van der Waals surface area contributed by atoms with Crippen molar-refractivity contribution in [2.45, 2.75) is 31.7 Å². The molecule has 0 unspecified atom stereocenters. The number of aryl methyl sites for hydroxylation is 2. The fourth-order valence-electron chi connectivity index (χ4n) is 3.64. The Hall–Kier alpha value is -2.29. The topological polar surface area (TPSA) is 70.9 Å². The number of anilines is 1. The van der Waals surface area contributed by atoms with Crippen LogP contribution in [0.5, 0.6) is 0 Å². The van der Waals surface area contributed by atoms with Gasteiger partial charge in [-0.1, -0.05) is 17.7 Å². The molecule has 2 aromatic rings. The molecule has 2 aromatic carbocycles. The number of piperazine rings is 1. The molecule has 0 aliphatic carbocycles. The zero-order chi connectivity index (χ0) is 21.2. The third kappa shape index (κ3) is 4.83. The van der Waals surface area contributed by atoms with Gasteiger partial charge in [0.15, 0.2) is 6.04 Å². The van der Waals surface area contributed by atoms with Gasteiger partial charge in [0.2, 0.25) is 10.0 Å². The van der Waals surface area contributed by atoms with E-state index in [1.54, 1.807) is 6.07 Å². The van der Waals surface area contributed by atoms with Crippen molar-refractivity contribution in [3.05, 3.63) is 59.4 Å². The number of sulfonamides is 1. The van der Waals surface area contributed by atoms with Gasteiger partial charge < -0.3 is 10.2 Å². The Morgan fingerprint density at radius 1 is 1.10 bits per heavy atom. The van der Waals surface area contributed by atoms with Gasteiger partial charge in [-0.2, -0.15) is 4.31 Å². The highest BCUT2D eigenvalue weighted by Gasteiger charge is 2.35. The Labute approximate surface area is 171 Å². The first kappa shape index (κ1) is 21.4. The minimum Gasteiger partial charge on any atom is -0.323 e. The second-order valence-electron chi connectivity index (χ2n) is 7.55. The summed E-state index contributed by atoms with van der Waals surface area (Å²) in [4.78, 5) is 13.9. The molecular formula is C21H27FN3O3S+. The quantitative estimate of drug-likeness (QED) is 0.767. The lowest BCUT2D eigenvalue weighted by molar-refractivity contribution is -0.917. The standard InChI is InChI=1S/C21H26FN3O3S/c1-15-4-9-20(16(2)14-15)29(27,28)25-12-10-24(11-13-25)17(3)21(26)23-19-7-5-18(22)6-8-19/h4-9,14,17H,10-13H2,1-3H3,(H,23,26)/p+1/t17-/m0/s1. The molecule has 1 aliphatic heterocycles. The van der Waals surface area contributed by atoms with Gasteiger partial charge in [0.05, 0.1) is 31.1 Å². The first-order valence-corrected chi connectivity index (χ1v) is 11.1. The summed E-state index contributed by atoms with van der Waals surface area (Å²) in [6.45, 7) is 7.37. The van der Waals surface area contributed by atoms with Crippen molar-refractivity contribution < 1.29 is 22.5 Å². The molecule has 8 heteroatoms. The molecule has 0 spiro atoms. The first-order valence-electron chi connectivity index (χ1n) is 9.67. The number of nitrogens with zero attached hydrogens (tertiary/aromatic N) is 1. The van der Waals surface area contributed by atoms with Crippen molar-refractivity contribution in [1.82, 2.24) is 4.31 Å². The van der Waals surface area contributed by atoms with E-state index >= 15 is 0 Å². The number of nitrogens with one attached hydrogen (secondary N) is 2. The molecule has 0 saturated carbocycles. The van der Waals surface area contributed by atoms with Crippen molar-refractivity contribution in [2.75, 3.05) is 31.5 Å². The minimum atomic E-state index is -3.55. The average molecular weight is 421 g/mol. The summed E-state index contributed by atoms with van der Waals surface area (Å²) in [7, 11) is -3.55. The number of carbonyl (C=O) groups excluding carboxylic acids is 1. The number of amides is 1. The van der Waals surface area contributed by atoms with E-state index in [2.05, 4.69) is 5.32 Å².